The van der Waals surface area contributed by atoms with Gasteiger partial charge in [0, 0.05) is 0 Å². The Balaban J connectivity index is 2.78. The minimum atomic E-state index is -0.778. The monoisotopic (exact) mass is 229 g/mol. The van der Waals surface area contributed by atoms with Crippen LogP contribution in [0.2, 0.25) is 0 Å². The Morgan fingerprint density at radius 3 is 2.65 bits per heavy atom. The summed E-state index contributed by atoms with van der Waals surface area (Å²) in [5.74, 6) is 0. The first kappa shape index (κ1) is 9.65. The van der Waals surface area contributed by atoms with Gasteiger partial charge in [-0.1, -0.05) is 12.1 Å². The first-order valence-electron chi connectivity index (χ1n) is 4.95. The zero-order valence-corrected chi connectivity index (χ0v) is 8.58. The molecule has 1 aromatic rings. The van der Waals surface area contributed by atoms with E-state index in [1.165, 1.54) is 6.07 Å². The molecule has 1 aliphatic heterocycles. The summed E-state index contributed by atoms with van der Waals surface area (Å²) in [6.07, 6.45) is 0. The molecule has 17 heavy (non-hydrogen) atoms. The molecule has 1 aliphatic carbocycles. The Bertz CT molecular complexity index is 891. The average Bonchev–Trinajstić information content (AvgIpc) is 2.34. The Morgan fingerprint density at radius 1 is 1.06 bits per heavy atom. The summed E-state index contributed by atoms with van der Waals surface area (Å²) in [6, 6.07) is 9.20. The summed E-state index contributed by atoms with van der Waals surface area (Å²) >= 11 is 0. The van der Waals surface area contributed by atoms with Crippen LogP contribution >= 0.6 is 0 Å². The van der Waals surface area contributed by atoms with Crippen LogP contribution in [0.25, 0.3) is 11.1 Å². The maximum absolute atomic E-state index is 11.6. The Kier molecular flexibility index (Phi) is 1.82. The van der Waals surface area contributed by atoms with Crippen molar-refractivity contribution < 1.29 is 9.62 Å². The second-order valence-electron chi connectivity index (χ2n) is 3.62. The number of benzene rings is 1. The van der Waals surface area contributed by atoms with Gasteiger partial charge in [-0.3, -0.25) is 9.59 Å². The minimum absolute atomic E-state index is 0.142. The van der Waals surface area contributed by atoms with E-state index in [0.29, 0.717) is 15.8 Å². The topological polar surface area (TPSA) is 72.4 Å². The van der Waals surface area contributed by atoms with Gasteiger partial charge in [0.05, 0.1) is 0 Å². The number of aromatic nitrogens is 1. The molecule has 84 valence electrons. The van der Waals surface area contributed by atoms with Gasteiger partial charge in [0.15, 0.2) is 16.3 Å². The van der Waals surface area contributed by atoms with Crippen molar-refractivity contribution in [2.75, 3.05) is 0 Å². The molecule has 5 heteroatoms. The van der Waals surface area contributed by atoms with Crippen LogP contribution in [0.3, 0.4) is 0 Å². The third kappa shape index (κ3) is 1.25. The van der Waals surface area contributed by atoms with E-state index in [9.17, 15) is 14.8 Å². The van der Waals surface area contributed by atoms with E-state index in [4.69, 9.17) is 4.42 Å². The summed E-state index contributed by atoms with van der Waals surface area (Å²) in [6.45, 7) is 0. The molecule has 0 bridgehead atoms. The Hall–Kier alpha value is -2.56. The summed E-state index contributed by atoms with van der Waals surface area (Å²) in [7, 11) is 0. The zero-order chi connectivity index (χ0) is 12.0. The van der Waals surface area contributed by atoms with Crippen molar-refractivity contribution in [2.45, 2.75) is 0 Å². The van der Waals surface area contributed by atoms with Crippen LogP contribution in [-0.4, -0.2) is 9.94 Å². The van der Waals surface area contributed by atoms with Crippen LogP contribution in [0.15, 0.2) is 50.4 Å². The van der Waals surface area contributed by atoms with Gasteiger partial charge in [-0.05, 0) is 24.3 Å². The van der Waals surface area contributed by atoms with E-state index < -0.39 is 10.9 Å². The lowest BCUT2D eigenvalue weighted by Gasteiger charge is -2.04. The van der Waals surface area contributed by atoms with E-state index in [1.807, 2.05) is 0 Å². The molecule has 0 radical (unpaired) electrons. The maximum atomic E-state index is 11.6. The highest BCUT2D eigenvalue weighted by Gasteiger charge is 2.08. The maximum Gasteiger partial charge on any atom is 0.256 e. The van der Waals surface area contributed by atoms with Gasteiger partial charge in [0.2, 0.25) is 5.43 Å². The van der Waals surface area contributed by atoms with Crippen LogP contribution in [0.1, 0.15) is 0 Å². The first-order valence-corrected chi connectivity index (χ1v) is 4.95. The Morgan fingerprint density at radius 2 is 1.82 bits per heavy atom. The number of fused-ring (bicyclic) bond motifs is 1. The average molecular weight is 229 g/mol. The number of rotatable bonds is 0. The smallest absolute Gasteiger partial charge is 0.256 e. The molecule has 2 aliphatic rings. The lowest BCUT2D eigenvalue weighted by atomic mass is 10.3. The van der Waals surface area contributed by atoms with Gasteiger partial charge in [0.25, 0.3) is 5.43 Å². The third-order valence-electron chi connectivity index (χ3n) is 2.58. The predicted octanol–water partition coefficient (Wildman–Crippen LogP) is 0.917. The van der Waals surface area contributed by atoms with Crippen LogP contribution in [0.5, 0.6) is 0 Å². The van der Waals surface area contributed by atoms with Gasteiger partial charge in [-0.15, -0.1) is 0 Å². The van der Waals surface area contributed by atoms with E-state index >= 15 is 0 Å². The number of hydrogen-bond donors (Lipinski definition) is 1. The van der Waals surface area contributed by atoms with E-state index in [0.717, 1.165) is 6.07 Å². The molecule has 1 N–H and O–H groups in total. The van der Waals surface area contributed by atoms with Crippen molar-refractivity contribution in [2.24, 2.45) is 0 Å². The fraction of sp³-hybridized carbons (Fsp3) is 0. The van der Waals surface area contributed by atoms with Crippen molar-refractivity contribution in [3.63, 3.8) is 0 Å². The van der Waals surface area contributed by atoms with Crippen molar-refractivity contribution in [1.29, 1.82) is 0 Å². The van der Waals surface area contributed by atoms with E-state index in [2.05, 4.69) is 0 Å². The highest BCUT2D eigenvalue weighted by Crippen LogP contribution is 2.12. The zero-order valence-electron chi connectivity index (χ0n) is 8.58. The highest BCUT2D eigenvalue weighted by molar-refractivity contribution is 5.71. The van der Waals surface area contributed by atoms with Gasteiger partial charge in [-0.25, -0.2) is 0 Å². The van der Waals surface area contributed by atoms with Crippen molar-refractivity contribution >= 4 is 11.1 Å². The van der Waals surface area contributed by atoms with Gasteiger partial charge >= 0.3 is 0 Å². The largest absolute Gasteiger partial charge is 0.453 e. The minimum Gasteiger partial charge on any atom is -0.453 e. The quantitative estimate of drug-likeness (QED) is 0.459. The first-order chi connectivity index (χ1) is 8.18. The molecule has 0 saturated carbocycles. The second-order valence-corrected chi connectivity index (χ2v) is 3.62. The number of nitrogens with zero attached hydrogens (tertiary/aromatic N) is 1. The third-order valence-corrected chi connectivity index (χ3v) is 2.58. The molecule has 0 spiro atoms. The molecule has 0 saturated heterocycles. The van der Waals surface area contributed by atoms with Gasteiger partial charge < -0.3 is 9.62 Å². The summed E-state index contributed by atoms with van der Waals surface area (Å²) in [5, 5.41) is 9.79. The lowest BCUT2D eigenvalue weighted by molar-refractivity contribution is 0.185. The van der Waals surface area contributed by atoms with Crippen molar-refractivity contribution in [3.8, 4) is 0 Å². The summed E-state index contributed by atoms with van der Waals surface area (Å²) in [5.41, 5.74) is -0.510. The summed E-state index contributed by atoms with van der Waals surface area (Å²) < 4.78 is 6.14. The lowest BCUT2D eigenvalue weighted by Crippen LogP contribution is -2.26. The standard InChI is InChI=1S/C12H7NO4/c14-8-5-6-10-11(12(8)15)13(16)7-3-1-2-4-9(7)17-10/h1-6,16H. The molecule has 3 rings (SSSR count). The van der Waals surface area contributed by atoms with Crippen molar-refractivity contribution in [1.82, 2.24) is 4.73 Å². The summed E-state index contributed by atoms with van der Waals surface area (Å²) in [4.78, 5) is 22.9. The predicted molar refractivity (Wildman–Crippen MR) is 59.2 cm³/mol. The molecule has 0 amide bonds. The highest BCUT2D eigenvalue weighted by atomic mass is 16.5. The molecule has 1 heterocycles. The normalized spacial score (nSPS) is 11.1. The van der Waals surface area contributed by atoms with Crippen LogP contribution in [-0.2, 0) is 0 Å². The van der Waals surface area contributed by atoms with Crippen LogP contribution in [0.4, 0.5) is 0 Å². The second kappa shape index (κ2) is 3.21. The molecule has 0 fully saturated rings. The molecule has 0 unspecified atom stereocenters. The number of hydrogen-bond acceptors (Lipinski definition) is 4. The SMILES string of the molecule is O=c1ccc2oc3ccccc3n(O)c=2c1=O. The van der Waals surface area contributed by atoms with E-state index in [1.54, 1.807) is 24.3 Å². The van der Waals surface area contributed by atoms with Crippen LogP contribution in [0, 0.1) is 10.8 Å². The molecule has 5 nitrogen and oxygen atoms in total. The molecular formula is C12H7NO4. The number of para-hydroxylation sites is 2. The van der Waals surface area contributed by atoms with Crippen molar-refractivity contribution in [3.05, 3.63) is 67.6 Å². The van der Waals surface area contributed by atoms with Gasteiger partial charge in [-0.2, -0.15) is 4.73 Å². The fourth-order valence-corrected chi connectivity index (χ4v) is 1.77. The van der Waals surface area contributed by atoms with Crippen LogP contribution < -0.4 is 10.9 Å². The molecule has 0 atom stereocenters. The molecule has 0 aromatic heterocycles. The fourth-order valence-electron chi connectivity index (χ4n) is 1.77. The van der Waals surface area contributed by atoms with Gasteiger partial charge in [0.1, 0.15) is 5.52 Å². The molecular weight excluding hydrogens is 222 g/mol. The van der Waals surface area contributed by atoms with E-state index in [-0.39, 0.29) is 10.8 Å². The molecule has 1 aromatic carbocycles. The Labute approximate surface area is 93.8 Å².